The van der Waals surface area contributed by atoms with Crippen molar-refractivity contribution in [3.8, 4) is 11.5 Å². The van der Waals surface area contributed by atoms with Crippen molar-refractivity contribution < 1.29 is 9.47 Å². The molecule has 3 aromatic rings. The van der Waals surface area contributed by atoms with Crippen LogP contribution in [0.3, 0.4) is 0 Å². The average Bonchev–Trinajstić information content (AvgIpc) is 2.72. The van der Waals surface area contributed by atoms with E-state index in [-0.39, 0.29) is 5.56 Å². The number of halogens is 2. The lowest BCUT2D eigenvalue weighted by Crippen LogP contribution is -2.22. The molecule has 0 fully saturated rings. The van der Waals surface area contributed by atoms with Crippen LogP contribution in [0.15, 0.2) is 49.2 Å². The lowest BCUT2D eigenvalue weighted by molar-refractivity contribution is 0.321. The lowest BCUT2D eigenvalue weighted by Gasteiger charge is -2.13. The Hall–Kier alpha value is -2.19. The Morgan fingerprint density at radius 3 is 2.50 bits per heavy atom. The molecule has 6 nitrogen and oxygen atoms in total. The van der Waals surface area contributed by atoms with Gasteiger partial charge in [-0.2, -0.15) is 9.78 Å². The van der Waals surface area contributed by atoms with Gasteiger partial charge in [-0.3, -0.25) is 4.79 Å². The first-order valence-corrected chi connectivity index (χ1v) is 11.4. The number of aromatic nitrogens is 2. The van der Waals surface area contributed by atoms with Crippen LogP contribution in [0.25, 0.3) is 10.9 Å². The molecule has 2 aromatic carbocycles. The van der Waals surface area contributed by atoms with Gasteiger partial charge < -0.3 is 9.47 Å². The van der Waals surface area contributed by atoms with Crippen LogP contribution in [0.5, 0.6) is 11.5 Å². The van der Waals surface area contributed by atoms with Crippen molar-refractivity contribution >= 4 is 49.0 Å². The van der Waals surface area contributed by atoms with E-state index in [2.05, 4.69) is 41.9 Å². The van der Waals surface area contributed by atoms with Gasteiger partial charge in [0.05, 0.1) is 34.8 Å². The zero-order valence-corrected chi connectivity index (χ0v) is 20.3. The van der Waals surface area contributed by atoms with Gasteiger partial charge in [0.25, 0.3) is 5.56 Å². The van der Waals surface area contributed by atoms with Gasteiger partial charge in [0.2, 0.25) is 0 Å². The minimum atomic E-state index is -0.205. The Balaban J connectivity index is 2.13. The van der Waals surface area contributed by atoms with E-state index >= 15 is 0 Å². The number of nitrogens with zero attached hydrogens (tertiary/aromatic N) is 3. The summed E-state index contributed by atoms with van der Waals surface area (Å²) in [5.41, 5.74) is 1.19. The van der Waals surface area contributed by atoms with Crippen molar-refractivity contribution in [3.05, 3.63) is 61.0 Å². The summed E-state index contributed by atoms with van der Waals surface area (Å²) in [5.74, 6) is 1.95. The standard InChI is InChI=1S/C22H23Br2N3O3/c1-4-7-21-26-18-9-8-15(23)11-16(18)22(28)27(21)25-13-14-10-17(24)20(30-6-3)12-19(14)29-5-2/h8-13H,4-7H2,1-3H3. The molecule has 0 radical (unpaired) electrons. The molecule has 8 heteroatoms. The second-order valence-corrected chi connectivity index (χ2v) is 8.26. The molecule has 1 aromatic heterocycles. The molecule has 0 amide bonds. The Labute approximate surface area is 192 Å². The van der Waals surface area contributed by atoms with Gasteiger partial charge in [-0.25, -0.2) is 4.98 Å². The fraction of sp³-hybridized carbons (Fsp3) is 0.318. The zero-order chi connectivity index (χ0) is 21.7. The third kappa shape index (κ3) is 4.92. The highest BCUT2D eigenvalue weighted by atomic mass is 79.9. The molecule has 0 spiro atoms. The normalized spacial score (nSPS) is 11.4. The summed E-state index contributed by atoms with van der Waals surface area (Å²) >= 11 is 6.95. The van der Waals surface area contributed by atoms with Crippen LogP contribution in [0, 0.1) is 0 Å². The van der Waals surface area contributed by atoms with Crippen LogP contribution >= 0.6 is 31.9 Å². The van der Waals surface area contributed by atoms with Crippen LogP contribution < -0.4 is 15.0 Å². The number of hydrogen-bond acceptors (Lipinski definition) is 5. The molecule has 0 atom stereocenters. The molecule has 0 saturated heterocycles. The van der Waals surface area contributed by atoms with Crippen LogP contribution in [0.1, 0.15) is 38.6 Å². The van der Waals surface area contributed by atoms with Gasteiger partial charge >= 0.3 is 0 Å². The van der Waals surface area contributed by atoms with Crippen LogP contribution in [0.2, 0.25) is 0 Å². The summed E-state index contributed by atoms with van der Waals surface area (Å²) < 4.78 is 14.4. The first-order valence-electron chi connectivity index (χ1n) is 9.83. The van der Waals surface area contributed by atoms with Gasteiger partial charge in [0, 0.05) is 22.5 Å². The molecule has 0 aliphatic heterocycles. The van der Waals surface area contributed by atoms with Crippen molar-refractivity contribution in [2.75, 3.05) is 13.2 Å². The molecule has 0 saturated carbocycles. The summed E-state index contributed by atoms with van der Waals surface area (Å²) in [6, 6.07) is 9.18. The molecule has 0 bridgehead atoms. The molecule has 158 valence electrons. The van der Waals surface area contributed by atoms with Gasteiger partial charge in [-0.15, -0.1) is 0 Å². The SMILES string of the molecule is CCCc1nc2ccc(Br)cc2c(=O)n1N=Cc1cc(Br)c(OCC)cc1OCC. The van der Waals surface area contributed by atoms with E-state index in [1.807, 2.05) is 45.0 Å². The summed E-state index contributed by atoms with van der Waals surface area (Å²) in [7, 11) is 0. The quantitative estimate of drug-likeness (QED) is 0.354. The Morgan fingerprint density at radius 1 is 1.07 bits per heavy atom. The monoisotopic (exact) mass is 535 g/mol. The summed E-state index contributed by atoms with van der Waals surface area (Å²) in [5, 5.41) is 5.01. The largest absolute Gasteiger partial charge is 0.493 e. The fourth-order valence-electron chi connectivity index (χ4n) is 3.02. The van der Waals surface area contributed by atoms with Crippen molar-refractivity contribution in [2.24, 2.45) is 5.10 Å². The van der Waals surface area contributed by atoms with E-state index in [4.69, 9.17) is 9.47 Å². The van der Waals surface area contributed by atoms with E-state index in [0.29, 0.717) is 47.9 Å². The second kappa shape index (κ2) is 10.2. The number of benzene rings is 2. The minimum Gasteiger partial charge on any atom is -0.493 e. The first kappa shape index (κ1) is 22.5. The predicted molar refractivity (Wildman–Crippen MR) is 127 cm³/mol. The maximum atomic E-state index is 13.1. The van der Waals surface area contributed by atoms with Crippen molar-refractivity contribution in [1.29, 1.82) is 0 Å². The second-order valence-electron chi connectivity index (χ2n) is 6.49. The highest BCUT2D eigenvalue weighted by Crippen LogP contribution is 2.32. The number of ether oxygens (including phenoxy) is 2. The van der Waals surface area contributed by atoms with Crippen LogP contribution in [-0.4, -0.2) is 29.1 Å². The molecule has 1 heterocycles. The predicted octanol–water partition coefficient (Wildman–Crippen LogP) is 5.55. The number of aryl methyl sites for hydroxylation is 1. The van der Waals surface area contributed by atoms with E-state index < -0.39 is 0 Å². The Bertz CT molecular complexity index is 1140. The molecule has 0 aliphatic carbocycles. The van der Waals surface area contributed by atoms with Crippen LogP contribution in [0.4, 0.5) is 0 Å². The molecule has 0 N–H and O–H groups in total. The van der Waals surface area contributed by atoms with E-state index in [0.717, 1.165) is 20.9 Å². The highest BCUT2D eigenvalue weighted by Gasteiger charge is 2.12. The smallest absolute Gasteiger partial charge is 0.282 e. The van der Waals surface area contributed by atoms with Gasteiger partial charge in [0.15, 0.2) is 0 Å². The summed E-state index contributed by atoms with van der Waals surface area (Å²) in [6.45, 7) is 6.93. The summed E-state index contributed by atoms with van der Waals surface area (Å²) in [6.07, 6.45) is 3.12. The van der Waals surface area contributed by atoms with Gasteiger partial charge in [-0.05, 0) is 60.5 Å². The van der Waals surface area contributed by atoms with Crippen molar-refractivity contribution in [1.82, 2.24) is 9.66 Å². The molecule has 0 aliphatic rings. The highest BCUT2D eigenvalue weighted by molar-refractivity contribution is 9.10. The molecule has 0 unspecified atom stereocenters. The molecular weight excluding hydrogens is 514 g/mol. The maximum absolute atomic E-state index is 13.1. The first-order chi connectivity index (χ1) is 14.5. The third-order valence-electron chi connectivity index (χ3n) is 4.33. The van der Waals surface area contributed by atoms with E-state index in [1.54, 1.807) is 12.3 Å². The summed E-state index contributed by atoms with van der Waals surface area (Å²) in [4.78, 5) is 17.8. The van der Waals surface area contributed by atoms with Gasteiger partial charge in [-0.1, -0.05) is 22.9 Å². The van der Waals surface area contributed by atoms with E-state index in [1.165, 1.54) is 4.68 Å². The lowest BCUT2D eigenvalue weighted by atomic mass is 10.2. The Morgan fingerprint density at radius 2 is 1.80 bits per heavy atom. The zero-order valence-electron chi connectivity index (χ0n) is 17.1. The maximum Gasteiger partial charge on any atom is 0.282 e. The topological polar surface area (TPSA) is 65.7 Å². The Kier molecular flexibility index (Phi) is 7.66. The van der Waals surface area contributed by atoms with Gasteiger partial charge in [0.1, 0.15) is 17.3 Å². The fourth-order valence-corrected chi connectivity index (χ4v) is 3.85. The number of fused-ring (bicyclic) bond motifs is 1. The third-order valence-corrected chi connectivity index (χ3v) is 5.44. The molecule has 30 heavy (non-hydrogen) atoms. The number of hydrogen-bond donors (Lipinski definition) is 0. The molecular formula is C22H23Br2N3O3. The minimum absolute atomic E-state index is 0.205. The van der Waals surface area contributed by atoms with Crippen LogP contribution in [-0.2, 0) is 6.42 Å². The van der Waals surface area contributed by atoms with Crippen molar-refractivity contribution in [3.63, 3.8) is 0 Å². The average molecular weight is 537 g/mol. The number of rotatable bonds is 8. The van der Waals surface area contributed by atoms with E-state index in [9.17, 15) is 4.79 Å². The molecule has 3 rings (SSSR count). The van der Waals surface area contributed by atoms with Crippen molar-refractivity contribution in [2.45, 2.75) is 33.6 Å².